The number of rotatable bonds is 2. The zero-order chi connectivity index (χ0) is 16.0. The highest BCUT2D eigenvalue weighted by Gasteiger charge is 2.53. The van der Waals surface area contributed by atoms with Crippen molar-refractivity contribution in [2.75, 3.05) is 10.7 Å². The first-order valence-electron chi connectivity index (χ1n) is 7.25. The summed E-state index contributed by atoms with van der Waals surface area (Å²) in [4.78, 5) is 28.5. The molecule has 2 saturated heterocycles. The monoisotopic (exact) mass is 344 g/mol. The molecule has 3 amide bonds. The van der Waals surface area contributed by atoms with Gasteiger partial charge in [0.2, 0.25) is 0 Å². The van der Waals surface area contributed by atoms with Crippen LogP contribution in [0, 0.1) is 0 Å². The zero-order valence-electron chi connectivity index (χ0n) is 12.1. The summed E-state index contributed by atoms with van der Waals surface area (Å²) in [5.74, 6) is 0.464. The van der Waals surface area contributed by atoms with Gasteiger partial charge < -0.3 is 0 Å². The zero-order valence-corrected chi connectivity index (χ0v) is 13.6. The Labute approximate surface area is 143 Å². The number of hydrogen-bond donors (Lipinski definition) is 0. The molecule has 116 valence electrons. The summed E-state index contributed by atoms with van der Waals surface area (Å²) in [6, 6.07) is 15.9. The lowest BCUT2D eigenvalue weighted by atomic mass is 10.2. The fourth-order valence-corrected chi connectivity index (χ4v) is 4.53. The van der Waals surface area contributed by atoms with E-state index in [1.165, 1.54) is 4.90 Å². The van der Waals surface area contributed by atoms with Crippen LogP contribution in [-0.4, -0.2) is 28.6 Å². The van der Waals surface area contributed by atoms with Gasteiger partial charge >= 0.3 is 6.03 Å². The summed E-state index contributed by atoms with van der Waals surface area (Å²) in [5.41, 5.74) is 1.61. The third kappa shape index (κ3) is 2.31. The van der Waals surface area contributed by atoms with Crippen LogP contribution in [0.4, 0.5) is 10.5 Å². The summed E-state index contributed by atoms with van der Waals surface area (Å²) in [7, 11) is 0. The summed E-state index contributed by atoms with van der Waals surface area (Å²) in [6.45, 7) is 0. The van der Waals surface area contributed by atoms with Crippen LogP contribution in [0.25, 0.3) is 0 Å². The van der Waals surface area contributed by atoms with Crippen molar-refractivity contribution < 1.29 is 9.59 Å². The number of amides is 3. The molecule has 0 spiro atoms. The van der Waals surface area contributed by atoms with Crippen molar-refractivity contribution in [3.8, 4) is 0 Å². The molecule has 2 aromatic carbocycles. The summed E-state index contributed by atoms with van der Waals surface area (Å²) in [5, 5.41) is 0.505. The standard InChI is InChI=1S/C17H13ClN2O2S/c18-12-8-6-11(7-9-12)16-20-14(10-23-16)15(21)19(17(20)22)13-4-2-1-3-5-13/h1-9,14,16H,10H2/t14-,16+/m1/s1. The number of fused-ring (bicyclic) bond motifs is 1. The number of anilines is 1. The van der Waals surface area contributed by atoms with E-state index in [-0.39, 0.29) is 17.3 Å². The Morgan fingerprint density at radius 1 is 1.00 bits per heavy atom. The summed E-state index contributed by atoms with van der Waals surface area (Å²) < 4.78 is 0. The van der Waals surface area contributed by atoms with Gasteiger partial charge in [-0.25, -0.2) is 9.69 Å². The highest BCUT2D eigenvalue weighted by molar-refractivity contribution is 7.99. The van der Waals surface area contributed by atoms with Crippen molar-refractivity contribution in [1.29, 1.82) is 0 Å². The van der Waals surface area contributed by atoms with E-state index >= 15 is 0 Å². The highest BCUT2D eigenvalue weighted by Crippen LogP contribution is 2.46. The minimum absolute atomic E-state index is 0.148. The second-order valence-corrected chi connectivity index (χ2v) is 7.00. The fourth-order valence-electron chi connectivity index (χ4n) is 2.99. The number of halogens is 1. The van der Waals surface area contributed by atoms with Crippen molar-refractivity contribution in [1.82, 2.24) is 4.90 Å². The number of hydrogen-bond acceptors (Lipinski definition) is 3. The minimum atomic E-state index is -0.395. The maximum Gasteiger partial charge on any atom is 0.333 e. The van der Waals surface area contributed by atoms with Crippen LogP contribution in [-0.2, 0) is 4.79 Å². The maximum absolute atomic E-state index is 12.8. The molecule has 23 heavy (non-hydrogen) atoms. The van der Waals surface area contributed by atoms with Crippen molar-refractivity contribution in [2.45, 2.75) is 11.4 Å². The molecule has 0 aliphatic carbocycles. The second kappa shape index (κ2) is 5.58. The predicted molar refractivity (Wildman–Crippen MR) is 91.6 cm³/mol. The number of nitrogens with zero attached hydrogens (tertiary/aromatic N) is 2. The third-order valence-electron chi connectivity index (χ3n) is 4.09. The van der Waals surface area contributed by atoms with Crippen LogP contribution in [0.3, 0.4) is 0 Å². The van der Waals surface area contributed by atoms with E-state index in [9.17, 15) is 9.59 Å². The van der Waals surface area contributed by atoms with Crippen molar-refractivity contribution in [2.24, 2.45) is 0 Å². The molecule has 0 unspecified atom stereocenters. The molecule has 2 aromatic rings. The average Bonchev–Trinajstić information content (AvgIpc) is 3.10. The topological polar surface area (TPSA) is 40.6 Å². The average molecular weight is 345 g/mol. The molecular formula is C17H13ClN2O2S. The number of carbonyl (C=O) groups is 2. The lowest BCUT2D eigenvalue weighted by Crippen LogP contribution is -2.33. The molecule has 4 nitrogen and oxygen atoms in total. The SMILES string of the molecule is O=C1[C@H]2CS[C@@H](c3ccc(Cl)cc3)N2C(=O)N1c1ccccc1. The van der Waals surface area contributed by atoms with E-state index in [4.69, 9.17) is 11.6 Å². The number of carbonyl (C=O) groups excluding carboxylic acids is 2. The number of thioether (sulfide) groups is 1. The van der Waals surface area contributed by atoms with Gasteiger partial charge in [0.05, 0.1) is 5.69 Å². The molecule has 6 heteroatoms. The number of imide groups is 1. The number of benzene rings is 2. The minimum Gasteiger partial charge on any atom is -0.295 e. The summed E-state index contributed by atoms with van der Waals surface area (Å²) >= 11 is 7.55. The van der Waals surface area contributed by atoms with E-state index in [1.807, 2.05) is 42.5 Å². The van der Waals surface area contributed by atoms with Gasteiger partial charge in [0.1, 0.15) is 11.4 Å². The molecule has 2 fully saturated rings. The molecule has 0 saturated carbocycles. The maximum atomic E-state index is 12.8. The van der Waals surface area contributed by atoms with Gasteiger partial charge in [-0.05, 0) is 29.8 Å². The molecule has 0 bridgehead atoms. The molecule has 2 atom stereocenters. The molecular weight excluding hydrogens is 332 g/mol. The van der Waals surface area contributed by atoms with E-state index in [0.29, 0.717) is 16.5 Å². The molecule has 0 N–H and O–H groups in total. The molecule has 2 aliphatic rings. The van der Waals surface area contributed by atoms with Gasteiger partial charge in [0.15, 0.2) is 0 Å². The largest absolute Gasteiger partial charge is 0.333 e. The van der Waals surface area contributed by atoms with Gasteiger partial charge in [0.25, 0.3) is 5.91 Å². The molecule has 2 heterocycles. The molecule has 0 radical (unpaired) electrons. The Morgan fingerprint density at radius 2 is 1.70 bits per heavy atom. The van der Waals surface area contributed by atoms with Crippen LogP contribution >= 0.6 is 23.4 Å². The van der Waals surface area contributed by atoms with Crippen LogP contribution in [0.2, 0.25) is 5.02 Å². The van der Waals surface area contributed by atoms with Gasteiger partial charge in [-0.1, -0.05) is 41.9 Å². The Bertz CT molecular complexity index is 766. The Balaban J connectivity index is 1.68. The first kappa shape index (κ1) is 14.6. The number of para-hydroxylation sites is 1. The first-order chi connectivity index (χ1) is 11.2. The Morgan fingerprint density at radius 3 is 2.39 bits per heavy atom. The Kier molecular flexibility index (Phi) is 3.54. The lowest BCUT2D eigenvalue weighted by Gasteiger charge is -2.23. The van der Waals surface area contributed by atoms with Crippen molar-refractivity contribution in [3.05, 3.63) is 65.2 Å². The van der Waals surface area contributed by atoms with Gasteiger partial charge in [0, 0.05) is 10.8 Å². The Hall–Kier alpha value is -1.98. The fraction of sp³-hybridized carbons (Fsp3) is 0.176. The number of urea groups is 1. The lowest BCUT2D eigenvalue weighted by molar-refractivity contribution is -0.119. The quantitative estimate of drug-likeness (QED) is 0.775. The molecule has 2 aliphatic heterocycles. The molecule has 0 aromatic heterocycles. The van der Waals surface area contributed by atoms with Gasteiger partial charge in [-0.15, -0.1) is 11.8 Å². The van der Waals surface area contributed by atoms with E-state index in [1.54, 1.807) is 28.8 Å². The van der Waals surface area contributed by atoms with Crippen molar-refractivity contribution in [3.63, 3.8) is 0 Å². The van der Waals surface area contributed by atoms with Gasteiger partial charge in [-0.2, -0.15) is 0 Å². The third-order valence-corrected chi connectivity index (χ3v) is 5.66. The predicted octanol–water partition coefficient (Wildman–Crippen LogP) is 3.92. The summed E-state index contributed by atoms with van der Waals surface area (Å²) in [6.07, 6.45) is 0. The van der Waals surface area contributed by atoms with Crippen LogP contribution in [0.5, 0.6) is 0 Å². The second-order valence-electron chi connectivity index (χ2n) is 5.45. The first-order valence-corrected chi connectivity index (χ1v) is 8.68. The highest BCUT2D eigenvalue weighted by atomic mass is 35.5. The van der Waals surface area contributed by atoms with Crippen LogP contribution in [0.1, 0.15) is 10.9 Å². The normalized spacial score (nSPS) is 23.5. The van der Waals surface area contributed by atoms with Crippen molar-refractivity contribution >= 4 is 41.0 Å². The van der Waals surface area contributed by atoms with E-state index in [0.717, 1.165) is 5.56 Å². The smallest absolute Gasteiger partial charge is 0.295 e. The molecule has 4 rings (SSSR count). The van der Waals surface area contributed by atoms with Gasteiger partial charge in [-0.3, -0.25) is 9.69 Å². The van der Waals surface area contributed by atoms with E-state index in [2.05, 4.69) is 0 Å². The van der Waals surface area contributed by atoms with Crippen LogP contribution < -0.4 is 4.90 Å². The van der Waals surface area contributed by atoms with E-state index < -0.39 is 6.04 Å². The van der Waals surface area contributed by atoms with Crippen LogP contribution in [0.15, 0.2) is 54.6 Å².